The number of nitrogens with zero attached hydrogens (tertiary/aromatic N) is 1. The van der Waals surface area contributed by atoms with Gasteiger partial charge in [0.25, 0.3) is 5.22 Å². The number of nitrogens with one attached hydrogen (secondary N) is 1. The molecule has 0 aromatic carbocycles. The quantitative estimate of drug-likeness (QED) is 0.774. The molecule has 0 fully saturated rings. The van der Waals surface area contributed by atoms with E-state index in [2.05, 4.69) is 31.1 Å². The van der Waals surface area contributed by atoms with Gasteiger partial charge in [0, 0.05) is 17.8 Å². The topological polar surface area (TPSA) is 58.3 Å². The number of hydrogen-bond donors (Lipinski definition) is 2. The number of β-amino-alcohol motifs (C(OH)–C–C–N with tert-alkyl or cyclic N) is 1. The van der Waals surface area contributed by atoms with E-state index >= 15 is 0 Å². The molecule has 0 spiro atoms. The van der Waals surface area contributed by atoms with E-state index in [0.29, 0.717) is 17.5 Å². The monoisotopic (exact) mass is 244 g/mol. The molecule has 1 heterocycles. The molecule has 92 valence electrons. The largest absolute Gasteiger partial charge is 0.440 e. The van der Waals surface area contributed by atoms with Gasteiger partial charge in [-0.15, -0.1) is 0 Å². The van der Waals surface area contributed by atoms with Crippen LogP contribution in [0.5, 0.6) is 0 Å². The van der Waals surface area contributed by atoms with E-state index in [9.17, 15) is 5.11 Å². The predicted molar refractivity (Wildman–Crippen MR) is 65.7 cm³/mol. The summed E-state index contributed by atoms with van der Waals surface area (Å²) in [4.78, 5) is 4.16. The Bertz CT molecular complexity index is 320. The van der Waals surface area contributed by atoms with Crippen molar-refractivity contribution in [3.05, 3.63) is 12.0 Å². The van der Waals surface area contributed by atoms with Crippen molar-refractivity contribution in [3.8, 4) is 0 Å². The second-order valence-corrected chi connectivity index (χ2v) is 5.82. The molecule has 1 aromatic heterocycles. The molecule has 0 amide bonds. The molecular weight excluding hydrogens is 224 g/mol. The molecule has 0 saturated heterocycles. The maximum absolute atomic E-state index is 9.73. The maximum atomic E-state index is 9.73. The highest BCUT2D eigenvalue weighted by molar-refractivity contribution is 7.99. The molecule has 0 aliphatic rings. The van der Waals surface area contributed by atoms with Gasteiger partial charge in [0.05, 0.1) is 11.8 Å². The van der Waals surface area contributed by atoms with Crippen molar-refractivity contribution in [3.63, 3.8) is 0 Å². The first-order valence-electron chi connectivity index (χ1n) is 5.35. The zero-order valence-electron chi connectivity index (χ0n) is 10.3. The van der Waals surface area contributed by atoms with Crippen molar-refractivity contribution in [1.82, 2.24) is 10.3 Å². The maximum Gasteiger partial charge on any atom is 0.255 e. The minimum atomic E-state index is -0.392. The summed E-state index contributed by atoms with van der Waals surface area (Å²) in [5.41, 5.74) is 0.898. The van der Waals surface area contributed by atoms with Crippen LogP contribution < -0.4 is 5.32 Å². The van der Waals surface area contributed by atoms with Gasteiger partial charge < -0.3 is 14.8 Å². The van der Waals surface area contributed by atoms with Crippen LogP contribution in [-0.2, 0) is 0 Å². The fraction of sp³-hybridized carbons (Fsp3) is 0.727. The first-order valence-corrected chi connectivity index (χ1v) is 6.33. The van der Waals surface area contributed by atoms with Gasteiger partial charge in [-0.2, -0.15) is 0 Å². The van der Waals surface area contributed by atoms with Crippen molar-refractivity contribution in [1.29, 1.82) is 0 Å². The number of aromatic nitrogens is 1. The van der Waals surface area contributed by atoms with E-state index in [-0.39, 0.29) is 5.54 Å². The van der Waals surface area contributed by atoms with E-state index in [0.717, 1.165) is 5.69 Å². The highest BCUT2D eigenvalue weighted by Crippen LogP contribution is 2.17. The van der Waals surface area contributed by atoms with Gasteiger partial charge in [-0.05, 0) is 27.7 Å². The van der Waals surface area contributed by atoms with Crippen molar-refractivity contribution in [2.24, 2.45) is 0 Å². The van der Waals surface area contributed by atoms with Crippen LogP contribution in [0.1, 0.15) is 26.5 Å². The SMILES string of the molecule is Cc1coc(SCC(O)CNC(C)(C)C)n1. The Labute approximate surface area is 101 Å². The second-order valence-electron chi connectivity index (χ2n) is 4.85. The van der Waals surface area contributed by atoms with Gasteiger partial charge in [0.15, 0.2) is 0 Å². The van der Waals surface area contributed by atoms with E-state index in [1.165, 1.54) is 11.8 Å². The Hall–Kier alpha value is -0.520. The van der Waals surface area contributed by atoms with Crippen LogP contribution in [-0.4, -0.2) is 34.0 Å². The number of oxazole rings is 1. The van der Waals surface area contributed by atoms with Crippen LogP contribution in [0.15, 0.2) is 15.9 Å². The van der Waals surface area contributed by atoms with Crippen LogP contribution in [0.25, 0.3) is 0 Å². The smallest absolute Gasteiger partial charge is 0.255 e. The summed E-state index contributed by atoms with van der Waals surface area (Å²) in [7, 11) is 0. The van der Waals surface area contributed by atoms with Gasteiger partial charge in [-0.25, -0.2) is 4.98 Å². The number of thioether (sulfide) groups is 1. The molecule has 2 N–H and O–H groups in total. The third kappa shape index (κ3) is 5.53. The molecule has 0 saturated carbocycles. The average Bonchev–Trinajstić information content (AvgIpc) is 2.57. The Balaban J connectivity index is 2.22. The molecule has 0 bridgehead atoms. The van der Waals surface area contributed by atoms with E-state index in [4.69, 9.17) is 4.42 Å². The summed E-state index contributed by atoms with van der Waals surface area (Å²) in [5.74, 6) is 0.586. The minimum Gasteiger partial charge on any atom is -0.440 e. The molecular formula is C11H20N2O2S. The van der Waals surface area contributed by atoms with Gasteiger partial charge in [-0.1, -0.05) is 11.8 Å². The third-order valence-corrected chi connectivity index (χ3v) is 2.85. The molecule has 0 aliphatic carbocycles. The fourth-order valence-electron chi connectivity index (χ4n) is 1.05. The van der Waals surface area contributed by atoms with Gasteiger partial charge in [-0.3, -0.25) is 0 Å². The lowest BCUT2D eigenvalue weighted by atomic mass is 10.1. The number of aliphatic hydroxyl groups excluding tert-OH is 1. The Kier molecular flexibility index (Phi) is 4.83. The zero-order valence-corrected chi connectivity index (χ0v) is 11.1. The zero-order chi connectivity index (χ0) is 12.2. The average molecular weight is 244 g/mol. The van der Waals surface area contributed by atoms with E-state index < -0.39 is 6.10 Å². The van der Waals surface area contributed by atoms with Crippen molar-refractivity contribution >= 4 is 11.8 Å². The lowest BCUT2D eigenvalue weighted by Gasteiger charge is -2.22. The summed E-state index contributed by atoms with van der Waals surface area (Å²) in [6, 6.07) is 0. The molecule has 1 rings (SSSR count). The molecule has 1 atom stereocenters. The minimum absolute atomic E-state index is 0.0329. The number of aryl methyl sites for hydroxylation is 1. The molecule has 0 radical (unpaired) electrons. The molecule has 5 heteroatoms. The van der Waals surface area contributed by atoms with Gasteiger partial charge >= 0.3 is 0 Å². The van der Waals surface area contributed by atoms with Crippen LogP contribution in [0.2, 0.25) is 0 Å². The predicted octanol–water partition coefficient (Wildman–Crippen LogP) is 1.82. The van der Waals surface area contributed by atoms with E-state index in [1.807, 2.05) is 6.92 Å². The third-order valence-electron chi connectivity index (χ3n) is 1.87. The first kappa shape index (κ1) is 13.5. The van der Waals surface area contributed by atoms with E-state index in [1.54, 1.807) is 6.26 Å². The second kappa shape index (κ2) is 5.70. The summed E-state index contributed by atoms with van der Waals surface area (Å²) < 4.78 is 5.18. The number of hydrogen-bond acceptors (Lipinski definition) is 5. The Morgan fingerprint density at radius 1 is 1.56 bits per heavy atom. The van der Waals surface area contributed by atoms with Crippen LogP contribution in [0.4, 0.5) is 0 Å². The van der Waals surface area contributed by atoms with Crippen LogP contribution >= 0.6 is 11.8 Å². The van der Waals surface area contributed by atoms with Crippen LogP contribution in [0, 0.1) is 6.92 Å². The normalized spacial score (nSPS) is 14.1. The molecule has 1 unspecified atom stereocenters. The van der Waals surface area contributed by atoms with Crippen molar-refractivity contribution in [2.75, 3.05) is 12.3 Å². The van der Waals surface area contributed by atoms with Crippen molar-refractivity contribution < 1.29 is 9.52 Å². The number of aliphatic hydroxyl groups is 1. The molecule has 1 aromatic rings. The summed E-state index contributed by atoms with van der Waals surface area (Å²) in [5, 5.41) is 13.6. The fourth-order valence-corrected chi connectivity index (χ4v) is 1.83. The highest BCUT2D eigenvalue weighted by atomic mass is 32.2. The lowest BCUT2D eigenvalue weighted by Crippen LogP contribution is -2.41. The van der Waals surface area contributed by atoms with Gasteiger partial charge in [0.1, 0.15) is 6.26 Å². The summed E-state index contributed by atoms with van der Waals surface area (Å²) in [6.07, 6.45) is 1.22. The Morgan fingerprint density at radius 2 is 2.25 bits per heavy atom. The Morgan fingerprint density at radius 3 is 2.75 bits per heavy atom. The standard InChI is InChI=1S/C11H20N2O2S/c1-8-6-15-10(13-8)16-7-9(14)5-12-11(2,3)4/h6,9,12,14H,5,7H2,1-4H3. The number of rotatable bonds is 5. The molecule has 16 heavy (non-hydrogen) atoms. The highest BCUT2D eigenvalue weighted by Gasteiger charge is 2.13. The molecule has 4 nitrogen and oxygen atoms in total. The lowest BCUT2D eigenvalue weighted by molar-refractivity contribution is 0.183. The first-order chi connectivity index (χ1) is 7.37. The molecule has 0 aliphatic heterocycles. The summed E-state index contributed by atoms with van der Waals surface area (Å²) in [6.45, 7) is 8.68. The van der Waals surface area contributed by atoms with Crippen molar-refractivity contribution in [2.45, 2.75) is 44.6 Å². The summed E-state index contributed by atoms with van der Waals surface area (Å²) >= 11 is 1.43. The van der Waals surface area contributed by atoms with Gasteiger partial charge in [0.2, 0.25) is 0 Å². The van der Waals surface area contributed by atoms with Crippen LogP contribution in [0.3, 0.4) is 0 Å².